The van der Waals surface area contributed by atoms with Crippen LogP contribution in [0.2, 0.25) is 0 Å². The van der Waals surface area contributed by atoms with Gasteiger partial charge in [-0.2, -0.15) is 5.10 Å². The Hall–Kier alpha value is -3.14. The molecule has 4 heterocycles. The number of hydrogen-bond donors (Lipinski definition) is 3. The maximum absolute atomic E-state index is 12.0. The van der Waals surface area contributed by atoms with Crippen molar-refractivity contribution in [2.24, 2.45) is 0 Å². The van der Waals surface area contributed by atoms with Crippen LogP contribution in [0.25, 0.3) is 5.78 Å². The minimum atomic E-state index is -0.372. The molecule has 1 saturated heterocycles. The zero-order valence-corrected chi connectivity index (χ0v) is 15.4. The van der Waals surface area contributed by atoms with Gasteiger partial charge in [-0.3, -0.25) is 9.50 Å². The fraction of sp³-hybridized carbons (Fsp3) is 0.444. The lowest BCUT2D eigenvalue weighted by Gasteiger charge is -2.15. The van der Waals surface area contributed by atoms with Crippen LogP contribution in [-0.2, 0) is 9.47 Å². The first kappa shape index (κ1) is 17.0. The summed E-state index contributed by atoms with van der Waals surface area (Å²) in [4.78, 5) is 20.3. The average molecular weight is 383 g/mol. The van der Waals surface area contributed by atoms with Gasteiger partial charge >= 0.3 is 6.09 Å². The second-order valence-electron chi connectivity index (χ2n) is 7.53. The highest BCUT2D eigenvalue weighted by molar-refractivity contribution is 5.69. The lowest BCUT2D eigenvalue weighted by atomic mass is 10.1. The topological polar surface area (TPSA) is 118 Å². The van der Waals surface area contributed by atoms with Gasteiger partial charge in [0, 0.05) is 36.6 Å². The van der Waals surface area contributed by atoms with Crippen molar-refractivity contribution in [1.29, 1.82) is 0 Å². The molecule has 3 aromatic heterocycles. The van der Waals surface area contributed by atoms with Gasteiger partial charge in [-0.1, -0.05) is 0 Å². The van der Waals surface area contributed by atoms with E-state index in [1.165, 1.54) is 0 Å². The van der Waals surface area contributed by atoms with E-state index < -0.39 is 0 Å². The molecule has 0 bridgehead atoms. The minimum Gasteiger partial charge on any atom is -0.444 e. The molecule has 0 aromatic carbocycles. The standard InChI is InChI=1S/C18H21N7O3/c1-18(3-4-18)22-17(26)28-11-8-13(27-10-11)12-9-14(24-23-12)21-15-2-5-19-16-20-6-7-25(15)16/h2,5-7,9,11,13H,3-4,8,10H2,1H3,(H,22,26)(H2,21,23,24). The first-order chi connectivity index (χ1) is 13.6. The van der Waals surface area contributed by atoms with E-state index in [0.717, 1.165) is 24.4 Å². The first-order valence-corrected chi connectivity index (χ1v) is 9.29. The number of H-pyrrole nitrogens is 1. The smallest absolute Gasteiger partial charge is 0.407 e. The van der Waals surface area contributed by atoms with Crippen LogP contribution in [0.4, 0.5) is 16.4 Å². The van der Waals surface area contributed by atoms with Crippen molar-refractivity contribution in [3.05, 3.63) is 36.4 Å². The number of alkyl carbamates (subject to hydrolysis) is 1. The molecular formula is C18H21N7O3. The van der Waals surface area contributed by atoms with Gasteiger partial charge in [0.15, 0.2) is 5.82 Å². The number of rotatable bonds is 5. The normalized spacial score (nSPS) is 22.9. The van der Waals surface area contributed by atoms with Crippen LogP contribution in [0.15, 0.2) is 30.7 Å². The summed E-state index contributed by atoms with van der Waals surface area (Å²) in [6.07, 6.45) is 6.96. The molecule has 28 heavy (non-hydrogen) atoms. The van der Waals surface area contributed by atoms with E-state index in [-0.39, 0.29) is 23.8 Å². The highest BCUT2D eigenvalue weighted by Gasteiger charge is 2.40. The summed E-state index contributed by atoms with van der Waals surface area (Å²) in [5.74, 6) is 2.07. The fourth-order valence-corrected chi connectivity index (χ4v) is 3.27. The van der Waals surface area contributed by atoms with Crippen LogP contribution in [0.5, 0.6) is 0 Å². The summed E-state index contributed by atoms with van der Waals surface area (Å²) in [6, 6.07) is 3.74. The average Bonchev–Trinajstić information content (AvgIpc) is 3.13. The maximum atomic E-state index is 12.0. The van der Waals surface area contributed by atoms with Gasteiger partial charge in [-0.15, -0.1) is 0 Å². The largest absolute Gasteiger partial charge is 0.444 e. The third kappa shape index (κ3) is 3.38. The highest BCUT2D eigenvalue weighted by atomic mass is 16.6. The number of nitrogens with one attached hydrogen (secondary N) is 3. The molecule has 1 saturated carbocycles. The SMILES string of the molecule is CC1(NC(=O)OC2COC(c3cc(Nc4ccnc5nccn45)n[nH]3)C2)CC1. The molecule has 2 unspecified atom stereocenters. The number of aromatic amines is 1. The van der Waals surface area contributed by atoms with Crippen LogP contribution in [0, 0.1) is 0 Å². The van der Waals surface area contributed by atoms with Gasteiger partial charge in [0.2, 0.25) is 5.78 Å². The third-order valence-corrected chi connectivity index (χ3v) is 5.14. The van der Waals surface area contributed by atoms with Crippen LogP contribution in [0.1, 0.15) is 38.0 Å². The van der Waals surface area contributed by atoms with E-state index in [1.807, 2.05) is 29.7 Å². The number of carbonyl (C=O) groups is 1. The summed E-state index contributed by atoms with van der Waals surface area (Å²) in [5, 5.41) is 13.4. The van der Waals surface area contributed by atoms with Crippen molar-refractivity contribution in [2.75, 3.05) is 11.9 Å². The van der Waals surface area contributed by atoms with Crippen molar-refractivity contribution in [1.82, 2.24) is 29.9 Å². The third-order valence-electron chi connectivity index (χ3n) is 5.14. The predicted molar refractivity (Wildman–Crippen MR) is 99.2 cm³/mol. The van der Waals surface area contributed by atoms with E-state index in [2.05, 4.69) is 30.8 Å². The van der Waals surface area contributed by atoms with Crippen molar-refractivity contribution >= 4 is 23.5 Å². The Balaban J connectivity index is 1.20. The Kier molecular flexibility index (Phi) is 3.93. The van der Waals surface area contributed by atoms with Crippen LogP contribution >= 0.6 is 0 Å². The molecule has 146 valence electrons. The van der Waals surface area contributed by atoms with Gasteiger partial charge in [0.05, 0.1) is 12.3 Å². The molecule has 2 aliphatic rings. The molecule has 3 aromatic rings. The van der Waals surface area contributed by atoms with E-state index >= 15 is 0 Å². The van der Waals surface area contributed by atoms with E-state index in [4.69, 9.17) is 9.47 Å². The molecule has 5 rings (SSSR count). The quantitative estimate of drug-likeness (QED) is 0.618. The Labute approximate surface area is 160 Å². The number of amides is 1. The second-order valence-corrected chi connectivity index (χ2v) is 7.53. The number of fused-ring (bicyclic) bond motifs is 1. The number of anilines is 2. The van der Waals surface area contributed by atoms with Crippen LogP contribution in [-0.4, -0.2) is 48.9 Å². The second kappa shape index (κ2) is 6.48. The summed E-state index contributed by atoms with van der Waals surface area (Å²) in [6.45, 7) is 2.39. The molecule has 1 amide bonds. The summed E-state index contributed by atoms with van der Waals surface area (Å²) < 4.78 is 13.1. The molecule has 10 heteroatoms. The van der Waals surface area contributed by atoms with Gasteiger partial charge < -0.3 is 20.1 Å². The van der Waals surface area contributed by atoms with Gasteiger partial charge in [0.25, 0.3) is 0 Å². The Morgan fingerprint density at radius 1 is 1.39 bits per heavy atom. The molecule has 0 spiro atoms. The van der Waals surface area contributed by atoms with Gasteiger partial charge in [0.1, 0.15) is 18.0 Å². The van der Waals surface area contributed by atoms with Crippen LogP contribution < -0.4 is 10.6 Å². The zero-order valence-electron chi connectivity index (χ0n) is 15.4. The van der Waals surface area contributed by atoms with Crippen LogP contribution in [0.3, 0.4) is 0 Å². The fourth-order valence-electron chi connectivity index (χ4n) is 3.27. The zero-order chi connectivity index (χ0) is 19.1. The highest BCUT2D eigenvalue weighted by Crippen LogP contribution is 2.35. The van der Waals surface area contributed by atoms with Gasteiger partial charge in [-0.25, -0.2) is 14.8 Å². The number of imidazole rings is 1. The molecule has 1 aliphatic heterocycles. The number of nitrogens with zero attached hydrogens (tertiary/aromatic N) is 4. The Bertz CT molecular complexity index is 1010. The number of carbonyl (C=O) groups excluding carboxylic acids is 1. The Morgan fingerprint density at radius 3 is 3.11 bits per heavy atom. The summed E-state index contributed by atoms with van der Waals surface area (Å²) >= 11 is 0. The molecule has 3 N–H and O–H groups in total. The molecule has 1 aliphatic carbocycles. The maximum Gasteiger partial charge on any atom is 0.407 e. The van der Waals surface area contributed by atoms with E-state index in [1.54, 1.807) is 12.4 Å². The van der Waals surface area contributed by atoms with Crippen molar-refractivity contribution < 1.29 is 14.3 Å². The number of hydrogen-bond acceptors (Lipinski definition) is 7. The lowest BCUT2D eigenvalue weighted by Crippen LogP contribution is -2.37. The molecule has 0 radical (unpaired) electrons. The molecule has 2 atom stereocenters. The van der Waals surface area contributed by atoms with Crippen molar-refractivity contribution in [3.8, 4) is 0 Å². The number of ether oxygens (including phenoxy) is 2. The van der Waals surface area contributed by atoms with E-state index in [0.29, 0.717) is 24.6 Å². The van der Waals surface area contributed by atoms with E-state index in [9.17, 15) is 4.79 Å². The molecule has 2 fully saturated rings. The first-order valence-electron chi connectivity index (χ1n) is 9.29. The lowest BCUT2D eigenvalue weighted by molar-refractivity contribution is 0.0675. The molecular weight excluding hydrogens is 362 g/mol. The van der Waals surface area contributed by atoms with Crippen molar-refractivity contribution in [3.63, 3.8) is 0 Å². The Morgan fingerprint density at radius 2 is 2.25 bits per heavy atom. The summed E-state index contributed by atoms with van der Waals surface area (Å²) in [5.41, 5.74) is 0.743. The van der Waals surface area contributed by atoms with Crippen molar-refractivity contribution in [2.45, 2.75) is 43.9 Å². The minimum absolute atomic E-state index is 0.0898. The number of aromatic nitrogens is 5. The molecule has 10 nitrogen and oxygen atoms in total. The summed E-state index contributed by atoms with van der Waals surface area (Å²) in [7, 11) is 0. The monoisotopic (exact) mass is 383 g/mol. The predicted octanol–water partition coefficient (Wildman–Crippen LogP) is 2.30. The van der Waals surface area contributed by atoms with Gasteiger partial charge in [-0.05, 0) is 25.8 Å².